The molecule has 0 saturated carbocycles. The predicted molar refractivity (Wildman–Crippen MR) is 77.9 cm³/mol. The topological polar surface area (TPSA) is 65.1 Å². The van der Waals surface area contributed by atoms with E-state index in [2.05, 4.69) is 10.4 Å². The van der Waals surface area contributed by atoms with Gasteiger partial charge in [0.15, 0.2) is 17.4 Å². The number of hydrogen-bond acceptors (Lipinski definition) is 4. The largest absolute Gasteiger partial charge is 0.491 e. The summed E-state index contributed by atoms with van der Waals surface area (Å²) >= 11 is 0. The fourth-order valence-electron chi connectivity index (χ4n) is 1.99. The Morgan fingerprint density at radius 3 is 2.70 bits per heavy atom. The number of benzene rings is 1. The van der Waals surface area contributed by atoms with E-state index < -0.39 is 5.82 Å². The van der Waals surface area contributed by atoms with Crippen LogP contribution in [0.15, 0.2) is 18.2 Å². The monoisotopic (exact) mass is 278 g/mol. The molecule has 0 amide bonds. The van der Waals surface area contributed by atoms with E-state index in [9.17, 15) is 4.39 Å². The highest BCUT2D eigenvalue weighted by molar-refractivity contribution is 5.71. The lowest BCUT2D eigenvalue weighted by molar-refractivity contribution is 0.321. The summed E-state index contributed by atoms with van der Waals surface area (Å²) in [6, 6.07) is 4.71. The first kappa shape index (κ1) is 14.2. The highest BCUT2D eigenvalue weighted by atomic mass is 19.1. The number of nitrogens with zero attached hydrogens (tertiary/aromatic N) is 2. The molecule has 5 nitrogen and oxygen atoms in total. The first-order valence-corrected chi connectivity index (χ1v) is 6.57. The summed E-state index contributed by atoms with van der Waals surface area (Å²) in [4.78, 5) is 0. The number of nitrogens with one attached hydrogen (secondary N) is 1. The third-order valence-corrected chi connectivity index (χ3v) is 2.99. The maximum atomic E-state index is 13.8. The van der Waals surface area contributed by atoms with Gasteiger partial charge in [-0.2, -0.15) is 5.10 Å². The van der Waals surface area contributed by atoms with Gasteiger partial charge in [-0.3, -0.25) is 4.68 Å². The maximum absolute atomic E-state index is 13.8. The molecule has 108 valence electrons. The van der Waals surface area contributed by atoms with Gasteiger partial charge in [-0.15, -0.1) is 0 Å². The number of aromatic nitrogens is 2. The normalized spacial score (nSPS) is 10.6. The van der Waals surface area contributed by atoms with Crippen molar-refractivity contribution in [2.45, 2.75) is 20.3 Å². The van der Waals surface area contributed by atoms with Gasteiger partial charge in [-0.1, -0.05) is 6.92 Å². The van der Waals surface area contributed by atoms with Crippen LogP contribution in [0.25, 0.3) is 0 Å². The van der Waals surface area contributed by atoms with Crippen LogP contribution in [-0.2, 0) is 13.5 Å². The lowest BCUT2D eigenvalue weighted by Crippen LogP contribution is -2.02. The molecule has 0 aliphatic rings. The van der Waals surface area contributed by atoms with Crippen molar-refractivity contribution in [3.8, 4) is 5.75 Å². The second kappa shape index (κ2) is 5.81. The third kappa shape index (κ3) is 2.68. The van der Waals surface area contributed by atoms with Crippen molar-refractivity contribution >= 4 is 17.2 Å². The molecule has 0 aliphatic carbocycles. The number of rotatable bonds is 5. The first-order valence-electron chi connectivity index (χ1n) is 6.57. The Labute approximate surface area is 117 Å². The average molecular weight is 278 g/mol. The summed E-state index contributed by atoms with van der Waals surface area (Å²) in [5.41, 5.74) is 8.02. The lowest BCUT2D eigenvalue weighted by atomic mass is 10.2. The van der Waals surface area contributed by atoms with Crippen molar-refractivity contribution in [1.82, 2.24) is 9.78 Å². The van der Waals surface area contributed by atoms with Gasteiger partial charge >= 0.3 is 0 Å². The molecule has 0 radical (unpaired) electrons. The Morgan fingerprint density at radius 1 is 1.40 bits per heavy atom. The molecular formula is C14H19FN4O. The molecule has 0 fully saturated rings. The van der Waals surface area contributed by atoms with E-state index >= 15 is 0 Å². The lowest BCUT2D eigenvalue weighted by Gasteiger charge is -2.10. The van der Waals surface area contributed by atoms with Crippen LogP contribution in [0.2, 0.25) is 0 Å². The van der Waals surface area contributed by atoms with E-state index in [0.717, 1.165) is 12.1 Å². The van der Waals surface area contributed by atoms with E-state index in [0.29, 0.717) is 23.8 Å². The van der Waals surface area contributed by atoms with Gasteiger partial charge in [0, 0.05) is 18.8 Å². The van der Waals surface area contributed by atoms with Crippen molar-refractivity contribution in [3.05, 3.63) is 29.7 Å². The molecular weight excluding hydrogens is 259 g/mol. The van der Waals surface area contributed by atoms with E-state index in [-0.39, 0.29) is 5.75 Å². The van der Waals surface area contributed by atoms with Crippen LogP contribution in [0, 0.1) is 5.82 Å². The Bertz CT molecular complexity index is 609. The van der Waals surface area contributed by atoms with Crippen molar-refractivity contribution in [1.29, 1.82) is 0 Å². The summed E-state index contributed by atoms with van der Waals surface area (Å²) in [5, 5.41) is 7.39. The SMILES string of the molecule is CCOc1ccc(Nc2c(N)c(CC)nn2C)cc1F. The van der Waals surface area contributed by atoms with E-state index in [1.54, 1.807) is 23.9 Å². The molecule has 1 aromatic heterocycles. The second-order valence-electron chi connectivity index (χ2n) is 4.39. The number of hydrogen-bond donors (Lipinski definition) is 2. The second-order valence-corrected chi connectivity index (χ2v) is 4.39. The number of aryl methyl sites for hydroxylation is 2. The molecule has 3 N–H and O–H groups in total. The molecule has 0 atom stereocenters. The highest BCUT2D eigenvalue weighted by Gasteiger charge is 2.13. The Morgan fingerprint density at radius 2 is 2.15 bits per heavy atom. The third-order valence-electron chi connectivity index (χ3n) is 2.99. The molecule has 2 rings (SSSR count). The van der Waals surface area contributed by atoms with Crippen molar-refractivity contribution < 1.29 is 9.13 Å². The van der Waals surface area contributed by atoms with Crippen LogP contribution in [0.5, 0.6) is 5.75 Å². The Hall–Kier alpha value is -2.24. The number of nitrogens with two attached hydrogens (primary N) is 1. The van der Waals surface area contributed by atoms with Gasteiger partial charge in [0.25, 0.3) is 0 Å². The van der Waals surface area contributed by atoms with Gasteiger partial charge in [-0.05, 0) is 25.5 Å². The number of anilines is 3. The van der Waals surface area contributed by atoms with Crippen LogP contribution >= 0.6 is 0 Å². The molecule has 20 heavy (non-hydrogen) atoms. The zero-order valence-electron chi connectivity index (χ0n) is 11.9. The Kier molecular flexibility index (Phi) is 4.12. The summed E-state index contributed by atoms with van der Waals surface area (Å²) in [6.45, 7) is 4.23. The van der Waals surface area contributed by atoms with Crippen LogP contribution in [0.1, 0.15) is 19.5 Å². The molecule has 0 bridgehead atoms. The molecule has 6 heteroatoms. The minimum absolute atomic E-state index is 0.241. The van der Waals surface area contributed by atoms with Gasteiger partial charge < -0.3 is 15.8 Å². The fraction of sp³-hybridized carbons (Fsp3) is 0.357. The quantitative estimate of drug-likeness (QED) is 0.882. The molecule has 0 aliphatic heterocycles. The van der Waals surface area contributed by atoms with Gasteiger partial charge in [0.2, 0.25) is 0 Å². The zero-order valence-corrected chi connectivity index (χ0v) is 11.9. The number of halogens is 1. The zero-order chi connectivity index (χ0) is 14.7. The molecule has 0 saturated heterocycles. The van der Waals surface area contributed by atoms with Crippen molar-refractivity contribution in [3.63, 3.8) is 0 Å². The maximum Gasteiger partial charge on any atom is 0.167 e. The van der Waals surface area contributed by atoms with Crippen molar-refractivity contribution in [2.75, 3.05) is 17.7 Å². The average Bonchev–Trinajstić information content (AvgIpc) is 2.69. The van der Waals surface area contributed by atoms with Crippen LogP contribution < -0.4 is 15.8 Å². The Balaban J connectivity index is 2.26. The van der Waals surface area contributed by atoms with Crippen LogP contribution in [0.4, 0.5) is 21.6 Å². The predicted octanol–water partition coefficient (Wildman–Crippen LogP) is 2.85. The van der Waals surface area contributed by atoms with Crippen molar-refractivity contribution in [2.24, 2.45) is 7.05 Å². The summed E-state index contributed by atoms with van der Waals surface area (Å²) in [6.07, 6.45) is 0.749. The van der Waals surface area contributed by atoms with Gasteiger partial charge in [-0.25, -0.2) is 4.39 Å². The van der Waals surface area contributed by atoms with E-state index in [4.69, 9.17) is 10.5 Å². The summed E-state index contributed by atoms with van der Waals surface area (Å²) in [7, 11) is 1.79. The molecule has 0 unspecified atom stereocenters. The number of nitrogen functional groups attached to an aromatic ring is 1. The molecule has 1 aromatic carbocycles. The summed E-state index contributed by atoms with van der Waals surface area (Å²) < 4.78 is 20.6. The molecule has 1 heterocycles. The number of ether oxygens (including phenoxy) is 1. The van der Waals surface area contributed by atoms with Gasteiger partial charge in [0.1, 0.15) is 0 Å². The minimum Gasteiger partial charge on any atom is -0.491 e. The first-order chi connectivity index (χ1) is 9.56. The molecule has 2 aromatic rings. The molecule has 0 spiro atoms. The smallest absolute Gasteiger partial charge is 0.167 e. The minimum atomic E-state index is -0.409. The summed E-state index contributed by atoms with van der Waals surface area (Å²) in [5.74, 6) is 0.490. The van der Waals surface area contributed by atoms with Gasteiger partial charge in [0.05, 0.1) is 18.0 Å². The standard InChI is InChI=1S/C14H19FN4O/c1-4-11-13(16)14(19(3)18-11)17-9-6-7-12(20-5-2)10(15)8-9/h6-8,17H,4-5,16H2,1-3H3. The van der Waals surface area contributed by atoms with Crippen LogP contribution in [0.3, 0.4) is 0 Å². The van der Waals surface area contributed by atoms with E-state index in [1.807, 2.05) is 13.8 Å². The van der Waals surface area contributed by atoms with E-state index in [1.165, 1.54) is 6.07 Å². The highest BCUT2D eigenvalue weighted by Crippen LogP contribution is 2.28. The van der Waals surface area contributed by atoms with Crippen LogP contribution in [-0.4, -0.2) is 16.4 Å². The fourth-order valence-corrected chi connectivity index (χ4v) is 1.99.